The molecule has 0 spiro atoms. The van der Waals surface area contributed by atoms with Crippen LogP contribution in [0, 0.1) is 11.3 Å². The van der Waals surface area contributed by atoms with Gasteiger partial charge in [-0.25, -0.2) is 0 Å². The van der Waals surface area contributed by atoms with Gasteiger partial charge in [-0.05, 0) is 23.8 Å². The van der Waals surface area contributed by atoms with Gasteiger partial charge in [0.2, 0.25) is 0 Å². The van der Waals surface area contributed by atoms with Gasteiger partial charge in [-0.2, -0.15) is 5.26 Å². The van der Waals surface area contributed by atoms with E-state index < -0.39 is 6.04 Å². The van der Waals surface area contributed by atoms with Gasteiger partial charge < -0.3 is 15.8 Å². The first-order valence-corrected chi connectivity index (χ1v) is 5.22. The fourth-order valence-corrected chi connectivity index (χ4v) is 1.65. The van der Waals surface area contributed by atoms with Gasteiger partial charge in [0, 0.05) is 17.5 Å². The Balaban J connectivity index is 2.30. The molecule has 0 aliphatic carbocycles. The molecule has 3 N–H and O–H groups in total. The van der Waals surface area contributed by atoms with Crippen LogP contribution in [0.15, 0.2) is 42.3 Å². The van der Waals surface area contributed by atoms with Crippen LogP contribution >= 0.6 is 0 Å². The number of nitrogens with two attached hydrogens (primary N) is 1. The lowest BCUT2D eigenvalue weighted by Crippen LogP contribution is -2.28. The average Bonchev–Trinajstić information content (AvgIpc) is 2.39. The highest BCUT2D eigenvalue weighted by Crippen LogP contribution is 2.22. The van der Waals surface area contributed by atoms with E-state index in [4.69, 9.17) is 15.7 Å². The van der Waals surface area contributed by atoms with Crippen LogP contribution in [0.25, 0.3) is 5.57 Å². The van der Waals surface area contributed by atoms with Gasteiger partial charge in [-0.3, -0.25) is 0 Å². The maximum Gasteiger partial charge on any atom is 0.172 e. The standard InChI is InChI=1S/C13H13N3O/c1-17-13-6-10(8-16-12(13)7-14)9-2-4-11(15)5-3-9/h2-6,8,12,16H,15H2,1H3. The zero-order valence-electron chi connectivity index (χ0n) is 9.47. The zero-order valence-corrected chi connectivity index (χ0v) is 9.47. The van der Waals surface area contributed by atoms with Crippen LogP contribution in [0.4, 0.5) is 5.69 Å². The second kappa shape index (κ2) is 4.62. The predicted octanol–water partition coefficient (Wildman–Crippen LogP) is 1.64. The molecule has 0 aromatic heterocycles. The average molecular weight is 227 g/mol. The third kappa shape index (κ3) is 2.23. The summed E-state index contributed by atoms with van der Waals surface area (Å²) in [4.78, 5) is 0. The van der Waals surface area contributed by atoms with Crippen molar-refractivity contribution in [2.75, 3.05) is 12.8 Å². The van der Waals surface area contributed by atoms with Crippen molar-refractivity contribution in [2.24, 2.45) is 0 Å². The van der Waals surface area contributed by atoms with Crippen molar-refractivity contribution < 1.29 is 4.74 Å². The molecule has 1 atom stereocenters. The van der Waals surface area contributed by atoms with Gasteiger partial charge >= 0.3 is 0 Å². The number of hydrogen-bond donors (Lipinski definition) is 2. The summed E-state index contributed by atoms with van der Waals surface area (Å²) in [7, 11) is 1.56. The fraction of sp³-hybridized carbons (Fsp3) is 0.154. The quantitative estimate of drug-likeness (QED) is 0.753. The summed E-state index contributed by atoms with van der Waals surface area (Å²) in [5, 5.41) is 11.9. The van der Waals surface area contributed by atoms with Gasteiger partial charge in [0.1, 0.15) is 5.76 Å². The second-order valence-corrected chi connectivity index (χ2v) is 3.70. The van der Waals surface area contributed by atoms with E-state index in [-0.39, 0.29) is 0 Å². The molecule has 0 saturated heterocycles. The molecule has 0 amide bonds. The van der Waals surface area contributed by atoms with Crippen molar-refractivity contribution in [3.63, 3.8) is 0 Å². The Bertz CT molecular complexity index is 508. The SMILES string of the molecule is COC1=CC(c2ccc(N)cc2)=CNC1C#N. The molecule has 1 aliphatic heterocycles. The molecule has 4 nitrogen and oxygen atoms in total. The number of nitriles is 1. The Morgan fingerprint density at radius 2 is 2.06 bits per heavy atom. The number of hydrogen-bond acceptors (Lipinski definition) is 4. The van der Waals surface area contributed by atoms with Crippen molar-refractivity contribution in [1.29, 1.82) is 5.26 Å². The molecule has 1 heterocycles. The highest BCUT2D eigenvalue weighted by atomic mass is 16.5. The van der Waals surface area contributed by atoms with E-state index in [0.29, 0.717) is 5.76 Å². The lowest BCUT2D eigenvalue weighted by atomic mass is 10.0. The zero-order chi connectivity index (χ0) is 12.3. The summed E-state index contributed by atoms with van der Waals surface area (Å²) in [6, 6.07) is 9.24. The Morgan fingerprint density at radius 1 is 1.35 bits per heavy atom. The minimum absolute atomic E-state index is 0.419. The first kappa shape index (κ1) is 11.1. The van der Waals surface area contributed by atoms with E-state index in [0.717, 1.165) is 16.8 Å². The summed E-state index contributed by atoms with van der Waals surface area (Å²) in [6.07, 6.45) is 3.66. The van der Waals surface area contributed by atoms with Crippen LogP contribution in [0.2, 0.25) is 0 Å². The Labute approximate surface area is 100.0 Å². The minimum Gasteiger partial charge on any atom is -0.498 e. The Morgan fingerprint density at radius 3 is 2.65 bits per heavy atom. The first-order chi connectivity index (χ1) is 8.24. The van der Waals surface area contributed by atoms with Crippen LogP contribution in [-0.4, -0.2) is 13.2 Å². The number of ether oxygens (including phenoxy) is 1. The van der Waals surface area contributed by atoms with Crippen LogP contribution < -0.4 is 11.1 Å². The number of nitrogens with zero attached hydrogens (tertiary/aromatic N) is 1. The predicted molar refractivity (Wildman–Crippen MR) is 66.5 cm³/mol. The third-order valence-corrected chi connectivity index (χ3v) is 2.60. The highest BCUT2D eigenvalue weighted by Gasteiger charge is 2.17. The van der Waals surface area contributed by atoms with E-state index in [2.05, 4.69) is 11.4 Å². The molecular formula is C13H13N3O. The Kier molecular flexibility index (Phi) is 3.01. The number of methoxy groups -OCH3 is 1. The van der Waals surface area contributed by atoms with E-state index in [1.165, 1.54) is 0 Å². The van der Waals surface area contributed by atoms with E-state index >= 15 is 0 Å². The molecular weight excluding hydrogens is 214 g/mol. The summed E-state index contributed by atoms with van der Waals surface area (Å²) >= 11 is 0. The first-order valence-electron chi connectivity index (χ1n) is 5.22. The van der Waals surface area contributed by atoms with E-state index in [1.807, 2.05) is 36.5 Å². The topological polar surface area (TPSA) is 71.1 Å². The Hall–Kier alpha value is -2.41. The van der Waals surface area contributed by atoms with Gasteiger partial charge in [0.05, 0.1) is 13.2 Å². The molecule has 17 heavy (non-hydrogen) atoms. The van der Waals surface area contributed by atoms with Gasteiger partial charge in [-0.15, -0.1) is 0 Å². The normalized spacial score (nSPS) is 18.5. The number of anilines is 1. The number of dihydropyridines is 1. The largest absolute Gasteiger partial charge is 0.498 e. The molecule has 0 saturated carbocycles. The van der Waals surface area contributed by atoms with Crippen molar-refractivity contribution in [3.8, 4) is 6.07 Å². The van der Waals surface area contributed by atoms with Crippen molar-refractivity contribution in [1.82, 2.24) is 5.32 Å². The number of nitrogen functional groups attached to an aromatic ring is 1. The lowest BCUT2D eigenvalue weighted by molar-refractivity contribution is 0.269. The van der Waals surface area contributed by atoms with Crippen molar-refractivity contribution in [3.05, 3.63) is 47.9 Å². The summed E-state index contributed by atoms with van der Waals surface area (Å²) in [6.45, 7) is 0. The minimum atomic E-state index is -0.419. The van der Waals surface area contributed by atoms with Gasteiger partial charge in [0.15, 0.2) is 6.04 Å². The number of rotatable bonds is 2. The van der Waals surface area contributed by atoms with Gasteiger partial charge in [0.25, 0.3) is 0 Å². The highest BCUT2D eigenvalue weighted by molar-refractivity contribution is 5.76. The smallest absolute Gasteiger partial charge is 0.172 e. The second-order valence-electron chi connectivity index (χ2n) is 3.70. The van der Waals surface area contributed by atoms with E-state index in [1.54, 1.807) is 7.11 Å². The maximum absolute atomic E-state index is 8.91. The molecule has 0 fully saturated rings. The number of allylic oxidation sites excluding steroid dienone is 2. The van der Waals surface area contributed by atoms with Gasteiger partial charge in [-0.1, -0.05) is 12.1 Å². The molecule has 86 valence electrons. The molecule has 1 unspecified atom stereocenters. The molecule has 2 rings (SSSR count). The van der Waals surface area contributed by atoms with Crippen LogP contribution in [0.5, 0.6) is 0 Å². The van der Waals surface area contributed by atoms with Crippen LogP contribution in [0.1, 0.15) is 5.56 Å². The third-order valence-electron chi connectivity index (χ3n) is 2.60. The molecule has 0 bridgehead atoms. The number of benzene rings is 1. The molecule has 1 aliphatic rings. The lowest BCUT2D eigenvalue weighted by Gasteiger charge is -2.19. The summed E-state index contributed by atoms with van der Waals surface area (Å²) in [5.41, 5.74) is 8.35. The van der Waals surface area contributed by atoms with Crippen LogP contribution in [-0.2, 0) is 4.74 Å². The van der Waals surface area contributed by atoms with Crippen molar-refractivity contribution in [2.45, 2.75) is 6.04 Å². The van der Waals surface area contributed by atoms with Crippen molar-refractivity contribution >= 4 is 11.3 Å². The number of nitrogens with one attached hydrogen (secondary N) is 1. The molecule has 4 heteroatoms. The molecule has 1 aromatic rings. The summed E-state index contributed by atoms with van der Waals surface area (Å²) in [5.74, 6) is 0.613. The molecule has 1 aromatic carbocycles. The summed E-state index contributed by atoms with van der Waals surface area (Å²) < 4.78 is 5.18. The molecule has 0 radical (unpaired) electrons. The van der Waals surface area contributed by atoms with Crippen LogP contribution in [0.3, 0.4) is 0 Å². The monoisotopic (exact) mass is 227 g/mol. The maximum atomic E-state index is 8.91. The van der Waals surface area contributed by atoms with E-state index in [9.17, 15) is 0 Å². The fourth-order valence-electron chi connectivity index (χ4n) is 1.65.